The van der Waals surface area contributed by atoms with E-state index in [1.54, 1.807) is 36.4 Å². The number of amides is 2. The van der Waals surface area contributed by atoms with E-state index in [0.717, 1.165) is 32.4 Å². The van der Waals surface area contributed by atoms with Gasteiger partial charge in [0.1, 0.15) is 5.75 Å². The van der Waals surface area contributed by atoms with Gasteiger partial charge in [0.05, 0.1) is 12.2 Å². The SMILES string of the molecule is CCCN(CCC)C(=O)c1cccc(NC(=O)c2ccccc2OCCc2ccccc2)c1. The first-order valence-electron chi connectivity index (χ1n) is 11.6. The number of hydrogen-bond acceptors (Lipinski definition) is 3. The van der Waals surface area contributed by atoms with Crippen LogP contribution in [0.25, 0.3) is 0 Å². The summed E-state index contributed by atoms with van der Waals surface area (Å²) in [4.78, 5) is 27.8. The predicted octanol–water partition coefficient (Wildman–Crippen LogP) is 5.82. The third kappa shape index (κ3) is 6.94. The number of hydrogen-bond donors (Lipinski definition) is 1. The Hall–Kier alpha value is -3.60. The lowest BCUT2D eigenvalue weighted by molar-refractivity contribution is 0.0755. The molecule has 3 aromatic carbocycles. The van der Waals surface area contributed by atoms with Crippen LogP contribution in [0, 0.1) is 0 Å². The zero-order valence-electron chi connectivity index (χ0n) is 19.4. The van der Waals surface area contributed by atoms with Crippen LogP contribution in [-0.2, 0) is 6.42 Å². The minimum absolute atomic E-state index is 0.0144. The average molecular weight is 445 g/mol. The zero-order valence-corrected chi connectivity index (χ0v) is 19.4. The van der Waals surface area contributed by atoms with E-state index in [9.17, 15) is 9.59 Å². The first-order valence-corrected chi connectivity index (χ1v) is 11.6. The molecule has 172 valence electrons. The van der Waals surface area contributed by atoms with E-state index in [1.165, 1.54) is 5.56 Å². The van der Waals surface area contributed by atoms with Crippen LogP contribution in [0.4, 0.5) is 5.69 Å². The molecule has 0 aliphatic heterocycles. The fraction of sp³-hybridized carbons (Fsp3) is 0.286. The standard InChI is InChI=1S/C28H32N2O3/c1-3-18-30(19-4-2)28(32)23-13-10-14-24(21-23)29-27(31)25-15-8-9-16-26(25)33-20-17-22-11-6-5-7-12-22/h5-16,21H,3-4,17-20H2,1-2H3,(H,29,31). The van der Waals surface area contributed by atoms with E-state index in [-0.39, 0.29) is 11.8 Å². The Morgan fingerprint density at radius 3 is 2.27 bits per heavy atom. The maximum absolute atomic E-state index is 13.0. The van der Waals surface area contributed by atoms with Gasteiger partial charge in [-0.25, -0.2) is 0 Å². The molecule has 2 amide bonds. The first-order chi connectivity index (χ1) is 16.1. The van der Waals surface area contributed by atoms with Gasteiger partial charge in [-0.1, -0.05) is 62.4 Å². The summed E-state index contributed by atoms with van der Waals surface area (Å²) in [7, 11) is 0. The molecule has 0 saturated carbocycles. The maximum atomic E-state index is 13.0. The lowest BCUT2D eigenvalue weighted by Gasteiger charge is -2.21. The molecule has 0 aliphatic rings. The third-order valence-electron chi connectivity index (χ3n) is 5.26. The number of nitrogens with zero attached hydrogens (tertiary/aromatic N) is 1. The van der Waals surface area contributed by atoms with E-state index >= 15 is 0 Å². The average Bonchev–Trinajstić information content (AvgIpc) is 2.84. The molecule has 0 aliphatic carbocycles. The van der Waals surface area contributed by atoms with Crippen LogP contribution >= 0.6 is 0 Å². The van der Waals surface area contributed by atoms with E-state index in [0.29, 0.717) is 29.2 Å². The van der Waals surface area contributed by atoms with Crippen molar-refractivity contribution in [3.05, 3.63) is 95.6 Å². The number of anilines is 1. The Labute approximate surface area is 196 Å². The highest BCUT2D eigenvalue weighted by atomic mass is 16.5. The van der Waals surface area contributed by atoms with Crippen molar-refractivity contribution in [3.63, 3.8) is 0 Å². The monoisotopic (exact) mass is 444 g/mol. The molecule has 3 rings (SSSR count). The second-order valence-corrected chi connectivity index (χ2v) is 7.91. The normalized spacial score (nSPS) is 10.5. The van der Waals surface area contributed by atoms with Crippen LogP contribution < -0.4 is 10.1 Å². The summed E-state index contributed by atoms with van der Waals surface area (Å²) < 4.78 is 5.93. The van der Waals surface area contributed by atoms with E-state index in [4.69, 9.17) is 4.74 Å². The summed E-state index contributed by atoms with van der Waals surface area (Å²) in [5, 5.41) is 2.92. The minimum atomic E-state index is -0.270. The van der Waals surface area contributed by atoms with Gasteiger partial charge < -0.3 is 15.0 Å². The summed E-state index contributed by atoms with van der Waals surface area (Å²) in [6.45, 7) is 6.04. The summed E-state index contributed by atoms with van der Waals surface area (Å²) in [5.74, 6) is 0.253. The van der Waals surface area contributed by atoms with Gasteiger partial charge in [0.15, 0.2) is 0 Å². The van der Waals surface area contributed by atoms with Gasteiger partial charge >= 0.3 is 0 Å². The smallest absolute Gasteiger partial charge is 0.259 e. The number of carbonyl (C=O) groups excluding carboxylic acids is 2. The van der Waals surface area contributed by atoms with Gasteiger partial charge in [-0.2, -0.15) is 0 Å². The van der Waals surface area contributed by atoms with Crippen molar-refractivity contribution in [1.29, 1.82) is 0 Å². The molecule has 3 aromatic rings. The van der Waals surface area contributed by atoms with Crippen molar-refractivity contribution in [3.8, 4) is 5.75 Å². The molecule has 0 saturated heterocycles. The van der Waals surface area contributed by atoms with Gasteiger partial charge in [-0.3, -0.25) is 9.59 Å². The number of nitrogens with one attached hydrogen (secondary N) is 1. The number of carbonyl (C=O) groups is 2. The Bertz CT molecular complexity index is 1040. The van der Waals surface area contributed by atoms with Gasteiger partial charge in [-0.15, -0.1) is 0 Å². The molecule has 0 atom stereocenters. The molecule has 0 unspecified atom stereocenters. The summed E-state index contributed by atoms with van der Waals surface area (Å²) in [6, 6.07) is 24.4. The van der Waals surface area contributed by atoms with Crippen molar-refractivity contribution in [1.82, 2.24) is 4.90 Å². The molecule has 0 aromatic heterocycles. The highest BCUT2D eigenvalue weighted by Crippen LogP contribution is 2.21. The van der Waals surface area contributed by atoms with E-state index < -0.39 is 0 Å². The van der Waals surface area contributed by atoms with Crippen LogP contribution in [0.5, 0.6) is 5.75 Å². The van der Waals surface area contributed by atoms with Gasteiger partial charge in [0, 0.05) is 30.8 Å². The second kappa shape index (κ2) is 12.4. The van der Waals surface area contributed by atoms with Gasteiger partial charge in [0.25, 0.3) is 11.8 Å². The van der Waals surface area contributed by atoms with Crippen LogP contribution in [-0.4, -0.2) is 36.4 Å². The van der Waals surface area contributed by atoms with Crippen molar-refractivity contribution in [2.45, 2.75) is 33.1 Å². The van der Waals surface area contributed by atoms with Crippen LogP contribution in [0.3, 0.4) is 0 Å². The van der Waals surface area contributed by atoms with Crippen molar-refractivity contribution in [2.75, 3.05) is 25.0 Å². The van der Waals surface area contributed by atoms with Crippen molar-refractivity contribution in [2.24, 2.45) is 0 Å². The molecule has 33 heavy (non-hydrogen) atoms. The van der Waals surface area contributed by atoms with E-state index in [2.05, 4.69) is 31.3 Å². The number of benzene rings is 3. The Morgan fingerprint density at radius 1 is 0.848 bits per heavy atom. The predicted molar refractivity (Wildman–Crippen MR) is 133 cm³/mol. The number of rotatable bonds is 11. The lowest BCUT2D eigenvalue weighted by Crippen LogP contribution is -2.32. The number of para-hydroxylation sites is 1. The molecule has 1 N–H and O–H groups in total. The Kier molecular flexibility index (Phi) is 9.07. The van der Waals surface area contributed by atoms with Gasteiger partial charge in [-0.05, 0) is 48.7 Å². The lowest BCUT2D eigenvalue weighted by atomic mass is 10.1. The zero-order chi connectivity index (χ0) is 23.5. The molecule has 0 spiro atoms. The molecular weight excluding hydrogens is 412 g/mol. The summed E-state index contributed by atoms with van der Waals surface area (Å²) in [6.07, 6.45) is 2.57. The minimum Gasteiger partial charge on any atom is -0.492 e. The molecule has 0 heterocycles. The van der Waals surface area contributed by atoms with Crippen LogP contribution in [0.2, 0.25) is 0 Å². The molecule has 5 nitrogen and oxygen atoms in total. The van der Waals surface area contributed by atoms with Crippen LogP contribution in [0.1, 0.15) is 53.0 Å². The fourth-order valence-corrected chi connectivity index (χ4v) is 3.67. The highest BCUT2D eigenvalue weighted by Gasteiger charge is 2.16. The first kappa shape index (κ1) is 24.1. The Balaban J connectivity index is 1.68. The Morgan fingerprint density at radius 2 is 1.55 bits per heavy atom. The molecule has 5 heteroatoms. The summed E-state index contributed by atoms with van der Waals surface area (Å²) in [5.41, 5.74) is 2.79. The summed E-state index contributed by atoms with van der Waals surface area (Å²) >= 11 is 0. The van der Waals surface area contributed by atoms with Gasteiger partial charge in [0.2, 0.25) is 0 Å². The van der Waals surface area contributed by atoms with Crippen molar-refractivity contribution < 1.29 is 14.3 Å². The molecule has 0 bridgehead atoms. The number of ether oxygens (including phenoxy) is 1. The quantitative estimate of drug-likeness (QED) is 0.405. The molecule has 0 radical (unpaired) electrons. The third-order valence-corrected chi connectivity index (χ3v) is 5.26. The van der Waals surface area contributed by atoms with Crippen LogP contribution in [0.15, 0.2) is 78.9 Å². The molecular formula is C28H32N2O3. The van der Waals surface area contributed by atoms with E-state index in [1.807, 2.05) is 35.2 Å². The van der Waals surface area contributed by atoms with Crippen molar-refractivity contribution >= 4 is 17.5 Å². The maximum Gasteiger partial charge on any atom is 0.259 e. The topological polar surface area (TPSA) is 58.6 Å². The fourth-order valence-electron chi connectivity index (χ4n) is 3.67. The second-order valence-electron chi connectivity index (χ2n) is 7.91. The highest BCUT2D eigenvalue weighted by molar-refractivity contribution is 6.06. The largest absolute Gasteiger partial charge is 0.492 e. The molecule has 0 fully saturated rings.